The van der Waals surface area contributed by atoms with Gasteiger partial charge < -0.3 is 10.1 Å². The molecule has 2 aliphatic rings. The predicted molar refractivity (Wildman–Crippen MR) is 105 cm³/mol. The molecule has 1 aromatic heterocycles. The molecular weight excluding hydrogens is 338 g/mol. The van der Waals surface area contributed by atoms with Crippen molar-refractivity contribution >= 4 is 5.91 Å². The first-order chi connectivity index (χ1) is 13.2. The lowest BCUT2D eigenvalue weighted by Gasteiger charge is -2.22. The van der Waals surface area contributed by atoms with Crippen molar-refractivity contribution in [1.82, 2.24) is 15.2 Å². The van der Waals surface area contributed by atoms with Crippen LogP contribution in [-0.4, -0.2) is 42.5 Å². The van der Waals surface area contributed by atoms with E-state index < -0.39 is 0 Å². The van der Waals surface area contributed by atoms with Crippen molar-refractivity contribution in [2.75, 3.05) is 26.7 Å². The van der Waals surface area contributed by atoms with Crippen LogP contribution < -0.4 is 10.1 Å². The lowest BCUT2D eigenvalue weighted by atomic mass is 10.0. The maximum absolute atomic E-state index is 12.7. The minimum atomic E-state index is 0.111. The molecule has 4 rings (SSSR count). The van der Waals surface area contributed by atoms with E-state index in [4.69, 9.17) is 4.74 Å². The fourth-order valence-electron chi connectivity index (χ4n) is 4.00. The van der Waals surface area contributed by atoms with Gasteiger partial charge in [-0.15, -0.1) is 0 Å². The van der Waals surface area contributed by atoms with Gasteiger partial charge in [0, 0.05) is 18.9 Å². The van der Waals surface area contributed by atoms with Crippen LogP contribution in [0.4, 0.5) is 0 Å². The Morgan fingerprint density at radius 2 is 2.07 bits per heavy atom. The van der Waals surface area contributed by atoms with E-state index in [1.807, 2.05) is 24.4 Å². The first-order valence-electron chi connectivity index (χ1n) is 9.78. The maximum Gasteiger partial charge on any atom is 0.234 e. The topological polar surface area (TPSA) is 54.5 Å². The molecule has 2 atom stereocenters. The molecule has 142 valence electrons. The van der Waals surface area contributed by atoms with Gasteiger partial charge in [0.25, 0.3) is 0 Å². The molecule has 1 aliphatic heterocycles. The Kier molecular flexibility index (Phi) is 5.39. The molecule has 1 saturated heterocycles. The van der Waals surface area contributed by atoms with Crippen LogP contribution in [0.3, 0.4) is 0 Å². The molecule has 0 radical (unpaired) electrons. The number of pyridine rings is 1. The van der Waals surface area contributed by atoms with Crippen molar-refractivity contribution in [1.29, 1.82) is 0 Å². The van der Waals surface area contributed by atoms with Crippen molar-refractivity contribution in [2.45, 2.75) is 31.2 Å². The van der Waals surface area contributed by atoms with E-state index in [2.05, 4.69) is 33.4 Å². The van der Waals surface area contributed by atoms with Crippen molar-refractivity contribution in [3.63, 3.8) is 0 Å². The largest absolute Gasteiger partial charge is 0.497 e. The van der Waals surface area contributed by atoms with Crippen LogP contribution in [0.1, 0.15) is 42.3 Å². The average molecular weight is 365 g/mol. The Hall–Kier alpha value is -2.40. The fourth-order valence-corrected chi connectivity index (χ4v) is 4.00. The second-order valence-electron chi connectivity index (χ2n) is 7.66. The standard InChI is InChI=1S/C22H27N3O2/c1-27-20-8-6-17(7-9-20)22(16-4-5-16)24-21(26)15-25-12-10-19(14-25)18-3-2-11-23-13-18/h2-3,6-9,11,13,16,19,22H,4-5,10,12,14-15H2,1H3,(H,24,26). The van der Waals surface area contributed by atoms with E-state index in [9.17, 15) is 4.79 Å². The highest BCUT2D eigenvalue weighted by Crippen LogP contribution is 2.41. The number of hydrogen-bond acceptors (Lipinski definition) is 4. The highest BCUT2D eigenvalue weighted by Gasteiger charge is 2.34. The van der Waals surface area contributed by atoms with Crippen LogP contribution in [0, 0.1) is 5.92 Å². The summed E-state index contributed by atoms with van der Waals surface area (Å²) >= 11 is 0. The van der Waals surface area contributed by atoms with Gasteiger partial charge in [0.15, 0.2) is 0 Å². The molecule has 2 fully saturated rings. The molecule has 1 saturated carbocycles. The summed E-state index contributed by atoms with van der Waals surface area (Å²) < 4.78 is 5.24. The summed E-state index contributed by atoms with van der Waals surface area (Å²) in [5.74, 6) is 2.00. The number of rotatable bonds is 7. The fraction of sp³-hybridized carbons (Fsp3) is 0.455. The first kappa shape index (κ1) is 18.0. The van der Waals surface area contributed by atoms with Crippen molar-refractivity contribution < 1.29 is 9.53 Å². The van der Waals surface area contributed by atoms with Gasteiger partial charge >= 0.3 is 0 Å². The summed E-state index contributed by atoms with van der Waals surface area (Å²) in [6, 6.07) is 12.3. The normalized spacial score (nSPS) is 21.0. The minimum absolute atomic E-state index is 0.111. The second-order valence-corrected chi connectivity index (χ2v) is 7.66. The number of likely N-dealkylation sites (tertiary alicyclic amines) is 1. The molecule has 0 spiro atoms. The van der Waals surface area contributed by atoms with Gasteiger partial charge in [-0.05, 0) is 67.0 Å². The van der Waals surface area contributed by atoms with Crippen LogP contribution in [0.25, 0.3) is 0 Å². The molecular formula is C22H27N3O2. The Morgan fingerprint density at radius 3 is 2.74 bits per heavy atom. The molecule has 27 heavy (non-hydrogen) atoms. The highest BCUT2D eigenvalue weighted by atomic mass is 16.5. The Labute approximate surface area is 160 Å². The number of amides is 1. The maximum atomic E-state index is 12.7. The third kappa shape index (κ3) is 4.48. The molecule has 1 N–H and O–H groups in total. The zero-order valence-corrected chi connectivity index (χ0v) is 15.8. The smallest absolute Gasteiger partial charge is 0.234 e. The number of methoxy groups -OCH3 is 1. The van der Waals surface area contributed by atoms with Gasteiger partial charge in [0.05, 0.1) is 19.7 Å². The summed E-state index contributed by atoms with van der Waals surface area (Å²) in [5, 5.41) is 3.28. The van der Waals surface area contributed by atoms with Crippen molar-refractivity contribution in [3.05, 3.63) is 59.9 Å². The van der Waals surface area contributed by atoms with Gasteiger partial charge in [0.2, 0.25) is 5.91 Å². The Morgan fingerprint density at radius 1 is 1.26 bits per heavy atom. The zero-order valence-electron chi connectivity index (χ0n) is 15.8. The lowest BCUT2D eigenvalue weighted by molar-refractivity contribution is -0.122. The van der Waals surface area contributed by atoms with Crippen LogP contribution in [-0.2, 0) is 4.79 Å². The van der Waals surface area contributed by atoms with Gasteiger partial charge in [-0.25, -0.2) is 0 Å². The average Bonchev–Trinajstić information content (AvgIpc) is 3.45. The molecule has 1 amide bonds. The van der Waals surface area contributed by atoms with Crippen LogP contribution in [0.15, 0.2) is 48.8 Å². The van der Waals surface area contributed by atoms with E-state index in [1.54, 1.807) is 13.3 Å². The van der Waals surface area contributed by atoms with E-state index in [0.29, 0.717) is 18.4 Å². The predicted octanol–water partition coefficient (Wildman–Crippen LogP) is 3.15. The molecule has 2 heterocycles. The monoisotopic (exact) mass is 365 g/mol. The molecule has 1 aromatic carbocycles. The molecule has 2 unspecified atom stereocenters. The van der Waals surface area contributed by atoms with Crippen LogP contribution >= 0.6 is 0 Å². The van der Waals surface area contributed by atoms with Gasteiger partial charge in [0.1, 0.15) is 5.75 Å². The quantitative estimate of drug-likeness (QED) is 0.819. The summed E-state index contributed by atoms with van der Waals surface area (Å²) in [6.45, 7) is 2.36. The zero-order chi connectivity index (χ0) is 18.6. The number of nitrogens with zero attached hydrogens (tertiary/aromatic N) is 2. The molecule has 5 nitrogen and oxygen atoms in total. The number of nitrogens with one attached hydrogen (secondary N) is 1. The van der Waals surface area contributed by atoms with E-state index in [0.717, 1.165) is 25.3 Å². The molecule has 5 heteroatoms. The minimum Gasteiger partial charge on any atom is -0.497 e. The third-order valence-electron chi connectivity index (χ3n) is 5.68. The van der Waals surface area contributed by atoms with Gasteiger partial charge in [-0.3, -0.25) is 14.7 Å². The Balaban J connectivity index is 1.33. The highest BCUT2D eigenvalue weighted by molar-refractivity contribution is 5.78. The molecule has 1 aliphatic carbocycles. The number of benzene rings is 1. The molecule has 0 bridgehead atoms. The SMILES string of the molecule is COc1ccc(C(NC(=O)CN2CCC(c3cccnc3)C2)C2CC2)cc1. The number of carbonyl (C=O) groups excluding carboxylic acids is 1. The van der Waals surface area contributed by atoms with Gasteiger partial charge in [-0.1, -0.05) is 18.2 Å². The van der Waals surface area contributed by atoms with E-state index in [1.165, 1.54) is 24.0 Å². The van der Waals surface area contributed by atoms with Crippen LogP contribution in [0.2, 0.25) is 0 Å². The van der Waals surface area contributed by atoms with Gasteiger partial charge in [-0.2, -0.15) is 0 Å². The summed E-state index contributed by atoms with van der Waals surface area (Å²) in [6.07, 6.45) is 7.21. The number of aromatic nitrogens is 1. The summed E-state index contributed by atoms with van der Waals surface area (Å²) in [4.78, 5) is 19.2. The van der Waals surface area contributed by atoms with Crippen molar-refractivity contribution in [2.24, 2.45) is 5.92 Å². The number of carbonyl (C=O) groups is 1. The number of ether oxygens (including phenoxy) is 1. The summed E-state index contributed by atoms with van der Waals surface area (Å²) in [5.41, 5.74) is 2.44. The van der Waals surface area contributed by atoms with E-state index in [-0.39, 0.29) is 11.9 Å². The Bertz CT molecular complexity index is 759. The third-order valence-corrected chi connectivity index (χ3v) is 5.68. The van der Waals surface area contributed by atoms with Crippen LogP contribution in [0.5, 0.6) is 5.75 Å². The lowest BCUT2D eigenvalue weighted by Crippen LogP contribution is -2.38. The molecule has 2 aromatic rings. The first-order valence-corrected chi connectivity index (χ1v) is 9.78. The van der Waals surface area contributed by atoms with Crippen molar-refractivity contribution in [3.8, 4) is 5.75 Å². The summed E-state index contributed by atoms with van der Waals surface area (Å²) in [7, 11) is 1.67. The van der Waals surface area contributed by atoms with E-state index >= 15 is 0 Å². The second kappa shape index (κ2) is 8.09. The number of hydrogen-bond donors (Lipinski definition) is 1.